The molecule has 6 nitrogen and oxygen atoms in total. The molecule has 2 saturated heterocycles. The van der Waals surface area contributed by atoms with Gasteiger partial charge in [0.2, 0.25) is 0 Å². The molecule has 0 spiro atoms. The van der Waals surface area contributed by atoms with Crippen LogP contribution in [0.5, 0.6) is 0 Å². The average molecular weight is 357 g/mol. The number of carbonyl (C=O) groups excluding carboxylic acids is 2. The first kappa shape index (κ1) is 18.6. The number of hydrogen-bond donors (Lipinski definition) is 0. The van der Waals surface area contributed by atoms with E-state index in [9.17, 15) is 9.59 Å². The van der Waals surface area contributed by atoms with Crippen LogP contribution in [0.4, 0.5) is 0 Å². The minimum absolute atomic E-state index is 0.0626. The molecule has 0 aromatic carbocycles. The summed E-state index contributed by atoms with van der Waals surface area (Å²) in [7, 11) is 0. The Hall–Kier alpha value is -2.21. The third-order valence-electron chi connectivity index (χ3n) is 5.50. The van der Waals surface area contributed by atoms with Crippen molar-refractivity contribution in [1.82, 2.24) is 14.8 Å². The van der Waals surface area contributed by atoms with Crippen LogP contribution in [0.15, 0.2) is 37.1 Å². The van der Waals surface area contributed by atoms with E-state index >= 15 is 0 Å². The number of esters is 1. The fraction of sp³-hybridized carbons (Fsp3) is 0.550. The zero-order valence-electron chi connectivity index (χ0n) is 15.4. The summed E-state index contributed by atoms with van der Waals surface area (Å²) in [5.74, 6) is -0.118. The van der Waals surface area contributed by atoms with Crippen LogP contribution in [-0.4, -0.2) is 66.0 Å². The van der Waals surface area contributed by atoms with Gasteiger partial charge in [-0.05, 0) is 31.9 Å². The lowest BCUT2D eigenvalue weighted by molar-refractivity contribution is -0.157. The normalized spacial score (nSPS) is 26.0. The third kappa shape index (κ3) is 3.51. The van der Waals surface area contributed by atoms with Gasteiger partial charge in [-0.15, -0.1) is 6.58 Å². The molecule has 0 N–H and O–H groups in total. The van der Waals surface area contributed by atoms with Gasteiger partial charge in [-0.3, -0.25) is 19.5 Å². The van der Waals surface area contributed by atoms with E-state index < -0.39 is 5.41 Å². The van der Waals surface area contributed by atoms with Crippen molar-refractivity contribution in [1.29, 1.82) is 0 Å². The van der Waals surface area contributed by atoms with Gasteiger partial charge in [0.25, 0.3) is 5.91 Å². The van der Waals surface area contributed by atoms with E-state index in [-0.39, 0.29) is 17.8 Å². The van der Waals surface area contributed by atoms with Crippen molar-refractivity contribution < 1.29 is 14.3 Å². The predicted octanol–water partition coefficient (Wildman–Crippen LogP) is 1.98. The molecule has 2 atom stereocenters. The Morgan fingerprint density at radius 3 is 2.96 bits per heavy atom. The lowest BCUT2D eigenvalue weighted by atomic mass is 9.75. The Morgan fingerprint density at radius 2 is 2.27 bits per heavy atom. The van der Waals surface area contributed by atoms with Crippen molar-refractivity contribution in [3.05, 3.63) is 42.7 Å². The van der Waals surface area contributed by atoms with Gasteiger partial charge in [0.15, 0.2) is 0 Å². The molecule has 2 fully saturated rings. The highest BCUT2D eigenvalue weighted by Crippen LogP contribution is 2.43. The first-order valence-corrected chi connectivity index (χ1v) is 9.31. The van der Waals surface area contributed by atoms with E-state index in [0.717, 1.165) is 25.9 Å². The first-order valence-electron chi connectivity index (χ1n) is 9.31. The zero-order chi connectivity index (χ0) is 18.6. The maximum Gasteiger partial charge on any atom is 0.313 e. The summed E-state index contributed by atoms with van der Waals surface area (Å²) >= 11 is 0. The number of ether oxygens (including phenoxy) is 1. The number of hydrogen-bond acceptors (Lipinski definition) is 5. The summed E-state index contributed by atoms with van der Waals surface area (Å²) < 4.78 is 5.44. The maximum absolute atomic E-state index is 12.9. The number of amides is 1. The molecule has 3 rings (SSSR count). The molecule has 26 heavy (non-hydrogen) atoms. The van der Waals surface area contributed by atoms with Gasteiger partial charge in [-0.25, -0.2) is 0 Å². The van der Waals surface area contributed by atoms with Crippen LogP contribution in [0.25, 0.3) is 0 Å². The quantitative estimate of drug-likeness (QED) is 0.596. The largest absolute Gasteiger partial charge is 0.466 e. The molecule has 1 aromatic heterocycles. The molecule has 140 valence electrons. The summed E-state index contributed by atoms with van der Waals surface area (Å²) in [4.78, 5) is 34.0. The van der Waals surface area contributed by atoms with Crippen LogP contribution in [0.1, 0.15) is 30.3 Å². The van der Waals surface area contributed by atoms with Gasteiger partial charge in [-0.1, -0.05) is 12.1 Å². The highest BCUT2D eigenvalue weighted by atomic mass is 16.5. The van der Waals surface area contributed by atoms with E-state index in [2.05, 4.69) is 16.5 Å². The van der Waals surface area contributed by atoms with Crippen LogP contribution in [0.3, 0.4) is 0 Å². The number of nitrogens with zero attached hydrogens (tertiary/aromatic N) is 3. The highest BCUT2D eigenvalue weighted by molar-refractivity contribution is 5.92. The Labute approximate surface area is 154 Å². The molecule has 2 aliphatic rings. The van der Waals surface area contributed by atoms with Crippen molar-refractivity contribution in [3.63, 3.8) is 0 Å². The molecular weight excluding hydrogens is 330 g/mol. The van der Waals surface area contributed by atoms with Crippen molar-refractivity contribution in [2.45, 2.75) is 19.8 Å². The van der Waals surface area contributed by atoms with E-state index in [1.54, 1.807) is 18.3 Å². The summed E-state index contributed by atoms with van der Waals surface area (Å²) in [5.41, 5.74) is -0.0740. The average Bonchev–Trinajstić information content (AvgIpc) is 2.89. The smallest absolute Gasteiger partial charge is 0.313 e. The van der Waals surface area contributed by atoms with Crippen LogP contribution in [0.2, 0.25) is 0 Å². The van der Waals surface area contributed by atoms with Crippen LogP contribution >= 0.6 is 0 Å². The molecule has 0 aliphatic carbocycles. The Morgan fingerprint density at radius 1 is 1.42 bits per heavy atom. The fourth-order valence-corrected chi connectivity index (χ4v) is 4.30. The second-order valence-corrected chi connectivity index (χ2v) is 7.13. The molecule has 0 saturated carbocycles. The van der Waals surface area contributed by atoms with Crippen LogP contribution in [-0.2, 0) is 9.53 Å². The molecule has 2 aliphatic heterocycles. The number of likely N-dealkylation sites (tertiary alicyclic amines) is 2. The summed E-state index contributed by atoms with van der Waals surface area (Å²) in [6.45, 7) is 9.43. The van der Waals surface area contributed by atoms with Gasteiger partial charge in [0.05, 0.1) is 12.0 Å². The van der Waals surface area contributed by atoms with Crippen molar-refractivity contribution in [2.75, 3.05) is 39.3 Å². The predicted molar refractivity (Wildman–Crippen MR) is 98.6 cm³/mol. The molecule has 6 heteroatoms. The van der Waals surface area contributed by atoms with Crippen molar-refractivity contribution in [3.8, 4) is 0 Å². The number of aromatic nitrogens is 1. The number of pyridine rings is 1. The van der Waals surface area contributed by atoms with E-state index in [1.165, 1.54) is 0 Å². The number of fused-ring (bicyclic) bond motifs is 1. The van der Waals surface area contributed by atoms with E-state index in [4.69, 9.17) is 4.74 Å². The molecule has 3 heterocycles. The van der Waals surface area contributed by atoms with Gasteiger partial charge < -0.3 is 9.64 Å². The van der Waals surface area contributed by atoms with Crippen LogP contribution < -0.4 is 0 Å². The van der Waals surface area contributed by atoms with Crippen LogP contribution in [0, 0.1) is 11.3 Å². The highest BCUT2D eigenvalue weighted by Gasteiger charge is 2.54. The molecule has 1 amide bonds. The third-order valence-corrected chi connectivity index (χ3v) is 5.50. The second kappa shape index (κ2) is 7.99. The van der Waals surface area contributed by atoms with Gasteiger partial charge in [-0.2, -0.15) is 0 Å². The van der Waals surface area contributed by atoms with E-state index in [0.29, 0.717) is 31.9 Å². The molecule has 0 bridgehead atoms. The van der Waals surface area contributed by atoms with Crippen molar-refractivity contribution >= 4 is 11.9 Å². The Bertz CT molecular complexity index is 664. The summed E-state index contributed by atoms with van der Waals surface area (Å²) in [6, 6.07) is 5.36. The maximum atomic E-state index is 12.9. The standard InChI is InChI=1S/C20H27N3O3/c1-3-11-22-13-16-14-23(18(24)17-8-5-6-10-21-17)12-7-9-20(16,15-22)19(25)26-4-2/h3,5-6,8,10,16H,1,4,7,9,11-15H2,2H3/t16-,20+/m1/s1. The fourth-order valence-electron chi connectivity index (χ4n) is 4.30. The monoisotopic (exact) mass is 357 g/mol. The lowest BCUT2D eigenvalue weighted by Crippen LogP contribution is -2.43. The van der Waals surface area contributed by atoms with Crippen molar-refractivity contribution in [2.24, 2.45) is 11.3 Å². The van der Waals surface area contributed by atoms with E-state index in [1.807, 2.05) is 24.0 Å². The summed E-state index contributed by atoms with van der Waals surface area (Å²) in [6.07, 6.45) is 5.03. The van der Waals surface area contributed by atoms with Gasteiger partial charge in [0, 0.05) is 44.8 Å². The number of rotatable bonds is 5. The number of carbonyl (C=O) groups is 2. The Kier molecular flexibility index (Phi) is 5.71. The molecule has 1 aromatic rings. The molecule has 0 unspecified atom stereocenters. The van der Waals surface area contributed by atoms with Gasteiger partial charge >= 0.3 is 5.97 Å². The topological polar surface area (TPSA) is 62.7 Å². The SMILES string of the molecule is C=CCN1C[C@@H]2CN(C(=O)c3ccccn3)CCC[C@]2(C(=O)OCC)C1. The minimum Gasteiger partial charge on any atom is -0.466 e. The molecular formula is C20H27N3O3. The summed E-state index contributed by atoms with van der Waals surface area (Å²) in [5, 5.41) is 0. The lowest BCUT2D eigenvalue weighted by Gasteiger charge is -2.31. The second-order valence-electron chi connectivity index (χ2n) is 7.13. The molecule has 0 radical (unpaired) electrons. The minimum atomic E-state index is -0.530. The van der Waals surface area contributed by atoms with Gasteiger partial charge in [0.1, 0.15) is 5.69 Å². The Balaban J connectivity index is 1.83. The first-order chi connectivity index (χ1) is 12.6. The zero-order valence-corrected chi connectivity index (χ0v) is 15.4.